The summed E-state index contributed by atoms with van der Waals surface area (Å²) >= 11 is 0. The van der Waals surface area contributed by atoms with E-state index >= 15 is 0 Å². The second-order valence-corrected chi connectivity index (χ2v) is 7.58. The molecule has 6 nitrogen and oxygen atoms in total. The van der Waals surface area contributed by atoms with Crippen LogP contribution in [0.15, 0.2) is 48.8 Å². The molecule has 0 unspecified atom stereocenters. The normalized spacial score (nSPS) is 13.7. The summed E-state index contributed by atoms with van der Waals surface area (Å²) in [6, 6.07) is 10.1. The molecule has 0 aliphatic heterocycles. The molecule has 0 atom stereocenters. The van der Waals surface area contributed by atoms with Crippen LogP contribution in [0, 0.1) is 5.82 Å². The zero-order chi connectivity index (χ0) is 20.8. The summed E-state index contributed by atoms with van der Waals surface area (Å²) in [6.45, 7) is 2.92. The maximum Gasteiger partial charge on any atom is 0.270 e. The number of rotatable bonds is 5. The lowest BCUT2D eigenvalue weighted by Crippen LogP contribution is -2.21. The molecule has 7 heteroatoms. The highest BCUT2D eigenvalue weighted by atomic mass is 19.1. The van der Waals surface area contributed by atoms with Gasteiger partial charge in [0.15, 0.2) is 0 Å². The Kier molecular flexibility index (Phi) is 4.38. The van der Waals surface area contributed by atoms with E-state index in [9.17, 15) is 9.18 Å². The third-order valence-electron chi connectivity index (χ3n) is 5.67. The zero-order valence-corrected chi connectivity index (χ0v) is 16.9. The number of nitrogens with one attached hydrogen (secondary N) is 1. The Bertz CT molecular complexity index is 1250. The average molecular weight is 403 g/mol. The highest BCUT2D eigenvalue weighted by Crippen LogP contribution is 2.46. The van der Waals surface area contributed by atoms with Crippen molar-refractivity contribution in [1.82, 2.24) is 24.6 Å². The first-order valence-corrected chi connectivity index (χ1v) is 10.2. The Morgan fingerprint density at radius 2 is 2.00 bits per heavy atom. The molecule has 1 aliphatic carbocycles. The standard InChI is InChI=1S/C23H22FN5O/c1-3-28-11-10-26-22(28)18-13-20-19(12-17(18)14-4-5-14)21(23(30)25-2)29(27-20)16-8-6-15(24)7-9-16/h6-14H,3-5H2,1-2H3,(H,25,30). The molecule has 0 bridgehead atoms. The number of hydrogen-bond donors (Lipinski definition) is 1. The molecule has 152 valence electrons. The molecule has 2 heterocycles. The number of aromatic nitrogens is 4. The zero-order valence-electron chi connectivity index (χ0n) is 16.9. The molecule has 1 amide bonds. The van der Waals surface area contributed by atoms with E-state index in [0.717, 1.165) is 36.2 Å². The average Bonchev–Trinajstić information content (AvgIpc) is 3.38. The van der Waals surface area contributed by atoms with Gasteiger partial charge in [0.1, 0.15) is 17.3 Å². The van der Waals surface area contributed by atoms with Crippen LogP contribution in [0.2, 0.25) is 0 Å². The molecule has 1 fully saturated rings. The minimum absolute atomic E-state index is 0.230. The van der Waals surface area contributed by atoms with Gasteiger partial charge in [-0.1, -0.05) is 0 Å². The number of nitrogens with zero attached hydrogens (tertiary/aromatic N) is 4. The van der Waals surface area contributed by atoms with Crippen molar-refractivity contribution in [2.75, 3.05) is 7.05 Å². The van der Waals surface area contributed by atoms with Gasteiger partial charge in [-0.05, 0) is 67.6 Å². The van der Waals surface area contributed by atoms with Crippen LogP contribution in [-0.4, -0.2) is 32.3 Å². The monoisotopic (exact) mass is 403 g/mol. The summed E-state index contributed by atoms with van der Waals surface area (Å²) in [5.74, 6) is 0.824. The van der Waals surface area contributed by atoms with Gasteiger partial charge in [-0.25, -0.2) is 14.1 Å². The summed E-state index contributed by atoms with van der Waals surface area (Å²) < 4.78 is 17.2. The van der Waals surface area contributed by atoms with E-state index in [4.69, 9.17) is 5.10 Å². The van der Waals surface area contributed by atoms with Crippen LogP contribution in [-0.2, 0) is 6.54 Å². The van der Waals surface area contributed by atoms with E-state index in [1.807, 2.05) is 18.5 Å². The first kappa shape index (κ1) is 18.5. The van der Waals surface area contributed by atoms with Crippen molar-refractivity contribution in [3.63, 3.8) is 0 Å². The Morgan fingerprint density at radius 3 is 2.67 bits per heavy atom. The van der Waals surface area contributed by atoms with Crippen LogP contribution in [0.3, 0.4) is 0 Å². The van der Waals surface area contributed by atoms with E-state index in [-0.39, 0.29) is 11.7 Å². The van der Waals surface area contributed by atoms with Gasteiger partial charge in [-0.3, -0.25) is 4.79 Å². The van der Waals surface area contributed by atoms with Crippen molar-refractivity contribution in [3.05, 3.63) is 65.9 Å². The molecule has 2 aromatic carbocycles. The van der Waals surface area contributed by atoms with Crippen LogP contribution < -0.4 is 5.32 Å². The Hall–Kier alpha value is -3.48. The lowest BCUT2D eigenvalue weighted by Gasteiger charge is -2.11. The van der Waals surface area contributed by atoms with Gasteiger partial charge in [0.2, 0.25) is 0 Å². The number of imidazole rings is 1. The van der Waals surface area contributed by atoms with Crippen LogP contribution in [0.25, 0.3) is 28.0 Å². The number of fused-ring (bicyclic) bond motifs is 1. The van der Waals surface area contributed by atoms with Gasteiger partial charge in [-0.15, -0.1) is 0 Å². The molecule has 0 saturated heterocycles. The van der Waals surface area contributed by atoms with Gasteiger partial charge >= 0.3 is 0 Å². The number of halogens is 1. The Balaban J connectivity index is 1.79. The number of hydrogen-bond acceptors (Lipinski definition) is 3. The smallest absolute Gasteiger partial charge is 0.270 e. The van der Waals surface area contributed by atoms with Crippen LogP contribution in [0.1, 0.15) is 41.7 Å². The van der Waals surface area contributed by atoms with Gasteiger partial charge in [-0.2, -0.15) is 5.10 Å². The number of carbonyl (C=O) groups is 1. The van der Waals surface area contributed by atoms with Crippen LogP contribution in [0.5, 0.6) is 0 Å². The van der Waals surface area contributed by atoms with Crippen LogP contribution in [0.4, 0.5) is 4.39 Å². The molecule has 2 aromatic heterocycles. The molecule has 30 heavy (non-hydrogen) atoms. The molecule has 1 N–H and O–H groups in total. The number of aryl methyl sites for hydroxylation is 1. The minimum atomic E-state index is -0.332. The SMILES string of the molecule is CCn1ccnc1-c1cc2nn(-c3ccc(F)cc3)c(C(=O)NC)c2cc1C1CC1. The van der Waals surface area contributed by atoms with Crippen molar-refractivity contribution in [1.29, 1.82) is 0 Å². The predicted octanol–water partition coefficient (Wildman–Crippen LogP) is 4.29. The topological polar surface area (TPSA) is 64.7 Å². The summed E-state index contributed by atoms with van der Waals surface area (Å²) in [6.07, 6.45) is 6.05. The van der Waals surface area contributed by atoms with Gasteiger partial charge in [0.25, 0.3) is 5.91 Å². The van der Waals surface area contributed by atoms with Gasteiger partial charge < -0.3 is 9.88 Å². The van der Waals surface area contributed by atoms with E-state index in [0.29, 0.717) is 22.8 Å². The molecule has 1 aliphatic rings. The second-order valence-electron chi connectivity index (χ2n) is 7.58. The van der Waals surface area contributed by atoms with Crippen molar-refractivity contribution >= 4 is 16.8 Å². The fourth-order valence-electron chi connectivity index (χ4n) is 3.99. The summed E-state index contributed by atoms with van der Waals surface area (Å²) in [5, 5.41) is 8.23. The number of carbonyl (C=O) groups excluding carboxylic acids is 1. The fourth-order valence-corrected chi connectivity index (χ4v) is 3.99. The molecule has 0 spiro atoms. The second kappa shape index (κ2) is 7.09. The number of amides is 1. The highest BCUT2D eigenvalue weighted by Gasteiger charge is 2.30. The van der Waals surface area contributed by atoms with Crippen molar-refractivity contribution < 1.29 is 9.18 Å². The fraction of sp³-hybridized carbons (Fsp3) is 0.261. The van der Waals surface area contributed by atoms with Gasteiger partial charge in [0.05, 0.1) is 11.2 Å². The molecule has 5 rings (SSSR count). The lowest BCUT2D eigenvalue weighted by molar-refractivity contribution is 0.0957. The number of benzene rings is 2. The van der Waals surface area contributed by atoms with E-state index in [1.54, 1.807) is 23.9 Å². The Labute approximate surface area is 173 Å². The molecule has 0 radical (unpaired) electrons. The first-order chi connectivity index (χ1) is 14.6. The van der Waals surface area contributed by atoms with E-state index < -0.39 is 0 Å². The third-order valence-corrected chi connectivity index (χ3v) is 5.67. The molecular weight excluding hydrogens is 381 g/mol. The van der Waals surface area contributed by atoms with E-state index in [2.05, 4.69) is 27.9 Å². The van der Waals surface area contributed by atoms with E-state index in [1.165, 1.54) is 17.7 Å². The highest BCUT2D eigenvalue weighted by molar-refractivity contribution is 6.06. The summed E-state index contributed by atoms with van der Waals surface area (Å²) in [7, 11) is 1.60. The quantitative estimate of drug-likeness (QED) is 0.541. The maximum absolute atomic E-state index is 13.4. The largest absolute Gasteiger partial charge is 0.354 e. The van der Waals surface area contributed by atoms with Crippen LogP contribution >= 0.6 is 0 Å². The van der Waals surface area contributed by atoms with Crippen molar-refractivity contribution in [2.45, 2.75) is 32.2 Å². The summed E-state index contributed by atoms with van der Waals surface area (Å²) in [5.41, 5.74) is 4.06. The first-order valence-electron chi connectivity index (χ1n) is 10.2. The predicted molar refractivity (Wildman–Crippen MR) is 113 cm³/mol. The Morgan fingerprint density at radius 1 is 1.23 bits per heavy atom. The molecule has 4 aromatic rings. The lowest BCUT2D eigenvalue weighted by atomic mass is 9.99. The van der Waals surface area contributed by atoms with Crippen molar-refractivity contribution in [2.24, 2.45) is 0 Å². The minimum Gasteiger partial charge on any atom is -0.354 e. The maximum atomic E-state index is 13.4. The molecule has 1 saturated carbocycles. The van der Waals surface area contributed by atoms with Crippen molar-refractivity contribution in [3.8, 4) is 17.1 Å². The molecular formula is C23H22FN5O. The third kappa shape index (κ3) is 2.98. The van der Waals surface area contributed by atoms with Gasteiger partial charge in [0, 0.05) is 36.9 Å². The summed E-state index contributed by atoms with van der Waals surface area (Å²) in [4.78, 5) is 17.4.